The number of nitrogens with one attached hydrogen (secondary N) is 1. The van der Waals surface area contributed by atoms with Crippen molar-refractivity contribution in [3.05, 3.63) is 5.82 Å². The molecule has 8 heteroatoms. The van der Waals surface area contributed by atoms with Gasteiger partial charge < -0.3 is 5.32 Å². The average molecular weight is 302 g/mol. The second-order valence-electron chi connectivity index (χ2n) is 5.58. The van der Waals surface area contributed by atoms with Gasteiger partial charge in [-0.15, -0.1) is 0 Å². The predicted octanol–water partition coefficient (Wildman–Crippen LogP) is 1.28. The summed E-state index contributed by atoms with van der Waals surface area (Å²) in [7, 11) is -3.36. The molecule has 2 aliphatic carbocycles. The van der Waals surface area contributed by atoms with E-state index >= 15 is 0 Å². The van der Waals surface area contributed by atoms with Crippen LogP contribution in [0.3, 0.4) is 0 Å². The van der Waals surface area contributed by atoms with Crippen molar-refractivity contribution in [3.8, 4) is 0 Å². The first-order chi connectivity index (χ1) is 8.99. The maximum atomic E-state index is 11.1. The van der Waals surface area contributed by atoms with E-state index in [1.807, 2.05) is 0 Å². The first-order valence-electron chi connectivity index (χ1n) is 6.60. The van der Waals surface area contributed by atoms with Crippen molar-refractivity contribution >= 4 is 26.7 Å². The molecule has 0 spiro atoms. The van der Waals surface area contributed by atoms with Crippen LogP contribution in [0, 0.1) is 5.92 Å². The molecule has 3 N–H and O–H groups in total. The number of rotatable bonds is 5. The maximum Gasteiger partial charge on any atom is 0.209 e. The first kappa shape index (κ1) is 13.3. The number of hydrogen-bond donors (Lipinski definition) is 2. The van der Waals surface area contributed by atoms with E-state index in [4.69, 9.17) is 5.14 Å². The fourth-order valence-electron chi connectivity index (χ4n) is 2.66. The van der Waals surface area contributed by atoms with Crippen molar-refractivity contribution in [2.75, 3.05) is 11.1 Å². The van der Waals surface area contributed by atoms with E-state index in [2.05, 4.69) is 14.7 Å². The summed E-state index contributed by atoms with van der Waals surface area (Å²) in [5, 5.41) is 9.32. The van der Waals surface area contributed by atoms with Gasteiger partial charge in [-0.3, -0.25) is 0 Å². The zero-order valence-corrected chi connectivity index (χ0v) is 12.2. The maximum absolute atomic E-state index is 11.1. The summed E-state index contributed by atoms with van der Waals surface area (Å²) in [6, 6.07) is 0.298. The number of nitrogens with zero attached hydrogens (tertiary/aromatic N) is 2. The lowest BCUT2D eigenvalue weighted by Gasteiger charge is -2.11. The molecule has 1 aromatic heterocycles. The summed E-state index contributed by atoms with van der Waals surface area (Å²) in [5.41, 5.74) is 0. The highest BCUT2D eigenvalue weighted by Crippen LogP contribution is 2.39. The molecular weight excluding hydrogens is 284 g/mol. The zero-order valence-electron chi connectivity index (χ0n) is 10.6. The zero-order chi connectivity index (χ0) is 13.5. The highest BCUT2D eigenvalue weighted by Gasteiger charge is 2.30. The van der Waals surface area contributed by atoms with Crippen LogP contribution in [0.4, 0.5) is 5.13 Å². The van der Waals surface area contributed by atoms with Gasteiger partial charge in [0.25, 0.3) is 0 Å². The van der Waals surface area contributed by atoms with E-state index in [1.54, 1.807) is 0 Å². The van der Waals surface area contributed by atoms with Gasteiger partial charge in [0.15, 0.2) is 0 Å². The third-order valence-electron chi connectivity index (χ3n) is 3.72. The molecule has 1 aromatic rings. The minimum absolute atomic E-state index is 0.0919. The lowest BCUT2D eigenvalue weighted by atomic mass is 10.1. The van der Waals surface area contributed by atoms with Gasteiger partial charge in [0.1, 0.15) is 5.82 Å². The van der Waals surface area contributed by atoms with Crippen LogP contribution >= 0.6 is 11.5 Å². The molecule has 0 bridgehead atoms. The molecule has 0 amide bonds. The largest absolute Gasteiger partial charge is 0.358 e. The lowest BCUT2D eigenvalue weighted by Crippen LogP contribution is -2.23. The van der Waals surface area contributed by atoms with Gasteiger partial charge >= 0.3 is 0 Å². The van der Waals surface area contributed by atoms with Gasteiger partial charge in [0.05, 0.1) is 5.75 Å². The first-order valence-corrected chi connectivity index (χ1v) is 9.09. The Morgan fingerprint density at radius 3 is 2.79 bits per heavy atom. The van der Waals surface area contributed by atoms with E-state index in [0.29, 0.717) is 12.0 Å². The van der Waals surface area contributed by atoms with Crippen molar-refractivity contribution < 1.29 is 8.42 Å². The Kier molecular flexibility index (Phi) is 3.48. The van der Waals surface area contributed by atoms with E-state index in [9.17, 15) is 8.42 Å². The lowest BCUT2D eigenvalue weighted by molar-refractivity contribution is 0.557. The van der Waals surface area contributed by atoms with Crippen LogP contribution in [0.5, 0.6) is 0 Å². The van der Waals surface area contributed by atoms with Crippen molar-refractivity contribution in [2.45, 2.75) is 44.1 Å². The minimum Gasteiger partial charge on any atom is -0.358 e. The molecule has 2 atom stereocenters. The fourth-order valence-corrected chi connectivity index (χ4v) is 4.34. The number of hydrogen-bond acceptors (Lipinski definition) is 6. The summed E-state index contributed by atoms with van der Waals surface area (Å²) in [6.07, 6.45) is 5.13. The monoisotopic (exact) mass is 302 g/mol. The molecule has 0 saturated heterocycles. The van der Waals surface area contributed by atoms with E-state index in [-0.39, 0.29) is 11.7 Å². The third-order valence-corrected chi connectivity index (χ3v) is 5.32. The van der Waals surface area contributed by atoms with Crippen LogP contribution in [0.2, 0.25) is 0 Å². The average Bonchev–Trinajstić information content (AvgIpc) is 2.91. The summed E-state index contributed by atoms with van der Waals surface area (Å²) in [5.74, 6) is 1.80. The molecule has 106 valence electrons. The van der Waals surface area contributed by atoms with Gasteiger partial charge in [0.2, 0.25) is 15.2 Å². The molecule has 3 rings (SSSR count). The molecule has 2 aliphatic rings. The van der Waals surface area contributed by atoms with Gasteiger partial charge in [0, 0.05) is 23.5 Å². The molecule has 0 radical (unpaired) electrons. The van der Waals surface area contributed by atoms with Crippen LogP contribution in [0.25, 0.3) is 0 Å². The van der Waals surface area contributed by atoms with Crippen LogP contribution in [0.15, 0.2) is 0 Å². The van der Waals surface area contributed by atoms with Crippen molar-refractivity contribution in [1.29, 1.82) is 0 Å². The second-order valence-corrected chi connectivity index (χ2v) is 7.99. The molecule has 19 heavy (non-hydrogen) atoms. The molecule has 2 saturated carbocycles. The van der Waals surface area contributed by atoms with Crippen LogP contribution in [-0.4, -0.2) is 29.6 Å². The molecule has 6 nitrogen and oxygen atoms in total. The topological polar surface area (TPSA) is 98.0 Å². The van der Waals surface area contributed by atoms with Crippen LogP contribution < -0.4 is 10.5 Å². The van der Waals surface area contributed by atoms with E-state index in [0.717, 1.165) is 30.2 Å². The summed E-state index contributed by atoms with van der Waals surface area (Å²) < 4.78 is 26.5. The number of anilines is 1. The fraction of sp³-hybridized carbons (Fsp3) is 0.818. The smallest absolute Gasteiger partial charge is 0.209 e. The van der Waals surface area contributed by atoms with E-state index in [1.165, 1.54) is 24.4 Å². The Morgan fingerprint density at radius 2 is 2.11 bits per heavy atom. The molecule has 1 heterocycles. The van der Waals surface area contributed by atoms with Crippen molar-refractivity contribution in [1.82, 2.24) is 9.36 Å². The number of sulfonamides is 1. The molecule has 0 aromatic carbocycles. The predicted molar refractivity (Wildman–Crippen MR) is 74.6 cm³/mol. The Morgan fingerprint density at radius 1 is 1.32 bits per heavy atom. The van der Waals surface area contributed by atoms with Crippen LogP contribution in [-0.2, 0) is 10.0 Å². The Bertz CT molecular complexity index is 553. The highest BCUT2D eigenvalue weighted by molar-refractivity contribution is 7.89. The minimum atomic E-state index is -3.36. The SMILES string of the molecule is NS(=O)(=O)C[C@@H]1CC[C@H](Nc2nc(C3CC3)ns2)C1. The van der Waals surface area contributed by atoms with Gasteiger partial charge in [-0.25, -0.2) is 18.5 Å². The summed E-state index contributed by atoms with van der Waals surface area (Å²) >= 11 is 1.40. The van der Waals surface area contributed by atoms with Crippen LogP contribution in [0.1, 0.15) is 43.8 Å². The van der Waals surface area contributed by atoms with Gasteiger partial charge in [-0.1, -0.05) is 0 Å². The molecular formula is C11H18N4O2S2. The van der Waals surface area contributed by atoms with Gasteiger partial charge in [-0.05, 0) is 38.0 Å². The number of aromatic nitrogens is 2. The van der Waals surface area contributed by atoms with Crippen molar-refractivity contribution in [2.24, 2.45) is 11.1 Å². The molecule has 0 aliphatic heterocycles. The number of primary sulfonamides is 1. The number of nitrogens with two attached hydrogens (primary N) is 1. The normalized spacial score (nSPS) is 27.6. The second kappa shape index (κ2) is 4.99. The van der Waals surface area contributed by atoms with E-state index < -0.39 is 10.0 Å². The third kappa shape index (κ3) is 3.64. The van der Waals surface area contributed by atoms with Crippen molar-refractivity contribution in [3.63, 3.8) is 0 Å². The Hall–Kier alpha value is -0.730. The molecule has 2 fully saturated rings. The molecule has 0 unspecified atom stereocenters. The highest BCUT2D eigenvalue weighted by atomic mass is 32.2. The van der Waals surface area contributed by atoms with Gasteiger partial charge in [-0.2, -0.15) is 4.37 Å². The standard InChI is InChI=1S/C11H18N4O2S2/c12-19(16,17)6-7-1-4-9(5-7)13-11-14-10(15-18-11)8-2-3-8/h7-9H,1-6H2,(H2,12,16,17)(H,13,14,15)/t7-,9+/m1/s1. The Balaban J connectivity index is 1.53. The summed E-state index contributed by atoms with van der Waals surface area (Å²) in [4.78, 5) is 4.49. The summed E-state index contributed by atoms with van der Waals surface area (Å²) in [6.45, 7) is 0. The Labute approximate surface area is 117 Å². The quantitative estimate of drug-likeness (QED) is 0.854.